The third kappa shape index (κ3) is 1.50. The van der Waals surface area contributed by atoms with Gasteiger partial charge in [-0.1, -0.05) is 0 Å². The van der Waals surface area contributed by atoms with Gasteiger partial charge in [0, 0.05) is 17.6 Å². The number of hydrogen-bond acceptors (Lipinski definition) is 4. The van der Waals surface area contributed by atoms with Crippen LogP contribution in [0.5, 0.6) is 0 Å². The fourth-order valence-electron chi connectivity index (χ4n) is 1.47. The highest BCUT2D eigenvalue weighted by Gasteiger charge is 2.18. The Morgan fingerprint density at radius 1 is 1.75 bits per heavy atom. The molecule has 0 aromatic carbocycles. The van der Waals surface area contributed by atoms with Gasteiger partial charge in [-0.15, -0.1) is 11.3 Å². The fourth-order valence-corrected chi connectivity index (χ4v) is 2.38. The zero-order chi connectivity index (χ0) is 8.39. The molecule has 1 aromatic heterocycles. The van der Waals surface area contributed by atoms with E-state index >= 15 is 0 Å². The predicted molar refractivity (Wildman–Crippen MR) is 50.0 cm³/mol. The van der Waals surface area contributed by atoms with E-state index in [-0.39, 0.29) is 0 Å². The molecule has 66 valence electrons. The topological polar surface area (TPSA) is 50.9 Å². The molecule has 1 unspecified atom stereocenters. The maximum Gasteiger partial charge on any atom is 0.110 e. The van der Waals surface area contributed by atoms with E-state index in [1.54, 1.807) is 11.3 Å². The molecule has 0 spiro atoms. The van der Waals surface area contributed by atoms with Crippen LogP contribution in [0.2, 0.25) is 0 Å². The number of thiazole rings is 1. The van der Waals surface area contributed by atoms with Crippen LogP contribution in [0.3, 0.4) is 0 Å². The Balaban J connectivity index is 2.11. The molecule has 0 bridgehead atoms. The van der Waals surface area contributed by atoms with Gasteiger partial charge in [-0.2, -0.15) is 0 Å². The Bertz CT molecular complexity index is 253. The third-order valence-electron chi connectivity index (χ3n) is 2.13. The summed E-state index contributed by atoms with van der Waals surface area (Å²) in [5.41, 5.74) is 5.51. The van der Waals surface area contributed by atoms with Gasteiger partial charge in [-0.05, 0) is 19.4 Å². The molecule has 0 saturated carbocycles. The lowest BCUT2D eigenvalue weighted by molar-refractivity contribution is 0.643. The van der Waals surface area contributed by atoms with Crippen molar-refractivity contribution < 1.29 is 0 Å². The number of hydrogen-bond donors (Lipinski definition) is 2. The highest BCUT2D eigenvalue weighted by atomic mass is 32.1. The van der Waals surface area contributed by atoms with Crippen molar-refractivity contribution in [3.8, 4) is 0 Å². The van der Waals surface area contributed by atoms with Crippen LogP contribution in [0.15, 0.2) is 6.20 Å². The lowest BCUT2D eigenvalue weighted by atomic mass is 10.2. The molecule has 2 rings (SSSR count). The normalized spacial score (nSPS) is 23.2. The molecule has 12 heavy (non-hydrogen) atoms. The first-order chi connectivity index (χ1) is 5.90. The van der Waals surface area contributed by atoms with Crippen molar-refractivity contribution >= 4 is 11.3 Å². The van der Waals surface area contributed by atoms with Gasteiger partial charge < -0.3 is 11.1 Å². The molecule has 2 heterocycles. The Hall–Kier alpha value is -0.450. The van der Waals surface area contributed by atoms with E-state index in [9.17, 15) is 0 Å². The van der Waals surface area contributed by atoms with E-state index in [0.29, 0.717) is 12.6 Å². The first-order valence-electron chi connectivity index (χ1n) is 4.28. The highest BCUT2D eigenvalue weighted by Crippen LogP contribution is 2.26. The van der Waals surface area contributed by atoms with Gasteiger partial charge >= 0.3 is 0 Å². The van der Waals surface area contributed by atoms with Gasteiger partial charge in [0.25, 0.3) is 0 Å². The van der Waals surface area contributed by atoms with E-state index in [1.807, 2.05) is 6.20 Å². The zero-order valence-corrected chi connectivity index (χ0v) is 7.73. The molecular formula is C8H13N3S. The first-order valence-corrected chi connectivity index (χ1v) is 5.10. The minimum atomic E-state index is 0.496. The summed E-state index contributed by atoms with van der Waals surface area (Å²) in [6, 6.07) is 0.496. The predicted octanol–water partition coefficient (Wildman–Crippen LogP) is 1.03. The van der Waals surface area contributed by atoms with Crippen molar-refractivity contribution in [1.29, 1.82) is 0 Å². The van der Waals surface area contributed by atoms with Gasteiger partial charge in [0.1, 0.15) is 5.01 Å². The molecule has 0 aliphatic carbocycles. The number of rotatable bonds is 2. The number of nitrogens with two attached hydrogens (primary N) is 1. The summed E-state index contributed by atoms with van der Waals surface area (Å²) in [5.74, 6) is 0. The molecule has 1 atom stereocenters. The fraction of sp³-hybridized carbons (Fsp3) is 0.625. The van der Waals surface area contributed by atoms with Crippen molar-refractivity contribution in [2.45, 2.75) is 25.4 Å². The first kappa shape index (κ1) is 8.16. The van der Waals surface area contributed by atoms with Crippen LogP contribution in [-0.4, -0.2) is 11.5 Å². The minimum Gasteiger partial charge on any atom is -0.326 e. The van der Waals surface area contributed by atoms with Gasteiger partial charge in [0.2, 0.25) is 0 Å². The quantitative estimate of drug-likeness (QED) is 0.720. The van der Waals surface area contributed by atoms with Crippen LogP contribution < -0.4 is 11.1 Å². The molecule has 0 amide bonds. The largest absolute Gasteiger partial charge is 0.326 e. The van der Waals surface area contributed by atoms with Crippen LogP contribution in [0, 0.1) is 0 Å². The summed E-state index contributed by atoms with van der Waals surface area (Å²) < 4.78 is 0. The number of nitrogens with one attached hydrogen (secondary N) is 1. The molecule has 3 N–H and O–H groups in total. The summed E-state index contributed by atoms with van der Waals surface area (Å²) in [7, 11) is 0. The molecule has 3 nitrogen and oxygen atoms in total. The average Bonchev–Trinajstić information content (AvgIpc) is 2.75. The van der Waals surface area contributed by atoms with Crippen molar-refractivity contribution in [2.75, 3.05) is 6.54 Å². The van der Waals surface area contributed by atoms with Crippen LogP contribution in [0.4, 0.5) is 0 Å². The van der Waals surface area contributed by atoms with E-state index in [0.717, 1.165) is 6.54 Å². The molecule has 0 radical (unpaired) electrons. The lowest BCUT2D eigenvalue weighted by Gasteiger charge is -2.03. The molecule has 1 saturated heterocycles. The van der Waals surface area contributed by atoms with Crippen LogP contribution in [-0.2, 0) is 6.54 Å². The summed E-state index contributed by atoms with van der Waals surface area (Å²) in [4.78, 5) is 5.52. The Labute approximate surface area is 76.0 Å². The highest BCUT2D eigenvalue weighted by molar-refractivity contribution is 7.11. The van der Waals surface area contributed by atoms with Gasteiger partial charge in [-0.3, -0.25) is 0 Å². The average molecular weight is 183 g/mol. The van der Waals surface area contributed by atoms with Gasteiger partial charge in [0.15, 0.2) is 0 Å². The maximum absolute atomic E-state index is 5.51. The second-order valence-corrected chi connectivity index (χ2v) is 4.16. The van der Waals surface area contributed by atoms with Crippen molar-refractivity contribution in [2.24, 2.45) is 5.73 Å². The summed E-state index contributed by atoms with van der Waals surface area (Å²) in [6.07, 6.45) is 4.37. The maximum atomic E-state index is 5.51. The van der Waals surface area contributed by atoms with Crippen molar-refractivity contribution in [3.05, 3.63) is 16.1 Å². The Morgan fingerprint density at radius 2 is 2.67 bits per heavy atom. The Morgan fingerprint density at radius 3 is 3.25 bits per heavy atom. The van der Waals surface area contributed by atoms with E-state index < -0.39 is 0 Å². The molecule has 1 fully saturated rings. The molecule has 1 aliphatic heterocycles. The van der Waals surface area contributed by atoms with Crippen molar-refractivity contribution in [3.63, 3.8) is 0 Å². The van der Waals surface area contributed by atoms with E-state index in [1.165, 1.54) is 22.7 Å². The summed E-state index contributed by atoms with van der Waals surface area (Å²) in [6.45, 7) is 1.74. The third-order valence-corrected chi connectivity index (χ3v) is 3.26. The molecule has 1 aliphatic rings. The monoisotopic (exact) mass is 183 g/mol. The van der Waals surface area contributed by atoms with Crippen LogP contribution in [0.25, 0.3) is 0 Å². The van der Waals surface area contributed by atoms with Crippen molar-refractivity contribution in [1.82, 2.24) is 10.3 Å². The zero-order valence-electron chi connectivity index (χ0n) is 6.92. The smallest absolute Gasteiger partial charge is 0.110 e. The summed E-state index contributed by atoms with van der Waals surface area (Å²) >= 11 is 1.73. The molecular weight excluding hydrogens is 170 g/mol. The van der Waals surface area contributed by atoms with E-state index in [2.05, 4.69) is 10.3 Å². The van der Waals surface area contributed by atoms with Gasteiger partial charge in [-0.25, -0.2) is 4.98 Å². The number of nitrogens with zero attached hydrogens (tertiary/aromatic N) is 1. The van der Waals surface area contributed by atoms with Crippen LogP contribution in [0.1, 0.15) is 28.8 Å². The van der Waals surface area contributed by atoms with Gasteiger partial charge in [0.05, 0.1) is 6.04 Å². The molecule has 1 aromatic rings. The van der Waals surface area contributed by atoms with E-state index in [4.69, 9.17) is 5.73 Å². The van der Waals surface area contributed by atoms with Crippen LogP contribution >= 0.6 is 11.3 Å². The SMILES string of the molecule is NCc1cnc(C2CCCN2)s1. The lowest BCUT2D eigenvalue weighted by Crippen LogP contribution is -2.12. The second kappa shape index (κ2) is 3.51. The second-order valence-electron chi connectivity index (χ2n) is 3.02. The standard InChI is InChI=1S/C8H13N3S/c9-4-6-5-11-8(12-6)7-2-1-3-10-7/h5,7,10H,1-4,9H2. The number of aromatic nitrogens is 1. The Kier molecular flexibility index (Phi) is 2.39. The molecule has 4 heteroatoms. The summed E-state index contributed by atoms with van der Waals surface area (Å²) in [5, 5.41) is 4.62. The minimum absolute atomic E-state index is 0.496.